The molecule has 3 N–H and O–H groups in total. The van der Waals surface area contributed by atoms with Gasteiger partial charge < -0.3 is 20.4 Å². The molecule has 0 saturated carbocycles. The third-order valence-corrected chi connectivity index (χ3v) is 5.47. The maximum absolute atomic E-state index is 12.5. The fourth-order valence-corrected chi connectivity index (χ4v) is 3.74. The molecular formula is C23H25N5O3. The number of carbonyl (C=O) groups is 3. The molecule has 0 atom stereocenters. The Morgan fingerprint density at radius 2 is 1.61 bits per heavy atom. The third kappa shape index (κ3) is 4.59. The fourth-order valence-electron chi connectivity index (χ4n) is 3.74. The van der Waals surface area contributed by atoms with Crippen molar-refractivity contribution in [2.45, 2.75) is 6.92 Å². The molecule has 160 valence electrons. The van der Waals surface area contributed by atoms with Crippen molar-refractivity contribution in [1.29, 1.82) is 0 Å². The summed E-state index contributed by atoms with van der Waals surface area (Å²) >= 11 is 0. The maximum atomic E-state index is 12.5. The number of carbonyl (C=O) groups excluding carboxylic acids is 3. The van der Waals surface area contributed by atoms with Gasteiger partial charge in [-0.1, -0.05) is 0 Å². The van der Waals surface area contributed by atoms with Gasteiger partial charge in [-0.05, 0) is 49.5 Å². The maximum Gasteiger partial charge on any atom is 0.260 e. The summed E-state index contributed by atoms with van der Waals surface area (Å²) < 4.78 is 0. The first-order valence-electron chi connectivity index (χ1n) is 10.2. The number of rotatable bonds is 4. The van der Waals surface area contributed by atoms with Crippen LogP contribution in [0.15, 0.2) is 48.7 Å². The van der Waals surface area contributed by atoms with Crippen molar-refractivity contribution < 1.29 is 14.4 Å². The van der Waals surface area contributed by atoms with Crippen LogP contribution in [0.4, 0.5) is 17.1 Å². The summed E-state index contributed by atoms with van der Waals surface area (Å²) in [6, 6.07) is 12.9. The van der Waals surface area contributed by atoms with Crippen LogP contribution in [0.1, 0.15) is 22.8 Å². The topological polar surface area (TPSA) is 93.8 Å². The molecule has 2 aliphatic rings. The van der Waals surface area contributed by atoms with Gasteiger partial charge in [0, 0.05) is 67.5 Å². The normalized spacial score (nSPS) is 17.9. The molecule has 0 aromatic heterocycles. The molecule has 2 heterocycles. The first kappa shape index (κ1) is 20.6. The highest BCUT2D eigenvalue weighted by atomic mass is 16.2. The molecule has 1 saturated heterocycles. The average Bonchev–Trinajstić information content (AvgIpc) is 2.74. The number of hydrogen-bond donors (Lipinski definition) is 3. The molecule has 0 bridgehead atoms. The largest absolute Gasteiger partial charge is 0.369 e. The number of nitrogens with zero attached hydrogens (tertiary/aromatic N) is 2. The van der Waals surface area contributed by atoms with E-state index in [0.29, 0.717) is 22.4 Å². The highest BCUT2D eigenvalue weighted by Crippen LogP contribution is 2.28. The standard InChI is InChI=1S/C23H25N5O3/c1-15(29)25-17-5-8-19-20(13-17)21(23(31)26-22(19)30)14-24-16-3-6-18(7-4-16)28-11-9-27(2)10-12-28/h3-8,13-14,24H,9-12H2,1-2H3,(H,25,29)(H,26,30,31)/b21-14-. The number of likely N-dealkylation sites (N-methyl/N-ethyl adjacent to an activating group) is 1. The highest BCUT2D eigenvalue weighted by Gasteiger charge is 2.27. The van der Waals surface area contributed by atoms with Gasteiger partial charge in [0.25, 0.3) is 11.8 Å². The molecule has 8 heteroatoms. The van der Waals surface area contributed by atoms with Crippen molar-refractivity contribution in [2.24, 2.45) is 0 Å². The Balaban J connectivity index is 1.54. The zero-order chi connectivity index (χ0) is 22.0. The summed E-state index contributed by atoms with van der Waals surface area (Å²) in [6.45, 7) is 5.48. The van der Waals surface area contributed by atoms with Crippen LogP contribution in [0, 0.1) is 0 Å². The Bertz CT molecular complexity index is 1050. The molecule has 0 spiro atoms. The first-order chi connectivity index (χ1) is 14.9. The zero-order valence-electron chi connectivity index (χ0n) is 17.6. The van der Waals surface area contributed by atoms with Gasteiger partial charge in [-0.25, -0.2) is 0 Å². The van der Waals surface area contributed by atoms with Gasteiger partial charge in [0.2, 0.25) is 5.91 Å². The predicted molar refractivity (Wildman–Crippen MR) is 121 cm³/mol. The number of anilines is 3. The Labute approximate surface area is 180 Å². The summed E-state index contributed by atoms with van der Waals surface area (Å²) in [4.78, 5) is 40.7. The number of nitrogens with one attached hydrogen (secondary N) is 3. The van der Waals surface area contributed by atoms with E-state index >= 15 is 0 Å². The lowest BCUT2D eigenvalue weighted by molar-refractivity contribution is -0.115. The van der Waals surface area contributed by atoms with E-state index in [-0.39, 0.29) is 5.91 Å². The monoisotopic (exact) mass is 419 g/mol. The van der Waals surface area contributed by atoms with Gasteiger partial charge in [-0.3, -0.25) is 19.7 Å². The second-order valence-electron chi connectivity index (χ2n) is 7.76. The lowest BCUT2D eigenvalue weighted by Gasteiger charge is -2.34. The van der Waals surface area contributed by atoms with Crippen LogP contribution in [0.2, 0.25) is 0 Å². The van der Waals surface area contributed by atoms with E-state index in [1.165, 1.54) is 6.92 Å². The molecule has 2 aromatic rings. The lowest BCUT2D eigenvalue weighted by Crippen LogP contribution is -2.44. The Kier molecular flexibility index (Phi) is 5.73. The minimum absolute atomic E-state index is 0.226. The number of hydrogen-bond acceptors (Lipinski definition) is 6. The van der Waals surface area contributed by atoms with Crippen LogP contribution in [0.3, 0.4) is 0 Å². The minimum atomic E-state index is -0.487. The molecule has 4 rings (SSSR count). The van der Waals surface area contributed by atoms with E-state index in [1.54, 1.807) is 24.4 Å². The van der Waals surface area contributed by atoms with Crippen molar-refractivity contribution >= 4 is 40.4 Å². The van der Waals surface area contributed by atoms with Crippen molar-refractivity contribution in [3.05, 3.63) is 59.8 Å². The van der Waals surface area contributed by atoms with Gasteiger partial charge in [0.1, 0.15) is 0 Å². The summed E-state index contributed by atoms with van der Waals surface area (Å²) in [5, 5.41) is 8.19. The van der Waals surface area contributed by atoms with Crippen LogP contribution in [-0.4, -0.2) is 55.8 Å². The third-order valence-electron chi connectivity index (χ3n) is 5.47. The van der Waals surface area contributed by atoms with E-state index < -0.39 is 11.8 Å². The fraction of sp³-hybridized carbons (Fsp3) is 0.261. The first-order valence-corrected chi connectivity index (χ1v) is 10.2. The second-order valence-corrected chi connectivity index (χ2v) is 7.76. The molecule has 2 aromatic carbocycles. The summed E-state index contributed by atoms with van der Waals surface area (Å²) in [5.74, 6) is -1.17. The van der Waals surface area contributed by atoms with Crippen LogP contribution in [-0.2, 0) is 9.59 Å². The van der Waals surface area contributed by atoms with E-state index in [0.717, 1.165) is 37.6 Å². The molecule has 2 aliphatic heterocycles. The molecule has 8 nitrogen and oxygen atoms in total. The van der Waals surface area contributed by atoms with Crippen LogP contribution in [0.25, 0.3) is 5.57 Å². The quantitative estimate of drug-likeness (QED) is 0.519. The van der Waals surface area contributed by atoms with E-state index in [4.69, 9.17) is 0 Å². The number of piperazine rings is 1. The number of fused-ring (bicyclic) bond motifs is 1. The predicted octanol–water partition coefficient (Wildman–Crippen LogP) is 2.12. The van der Waals surface area contributed by atoms with Crippen molar-refractivity contribution in [2.75, 3.05) is 48.8 Å². The summed E-state index contributed by atoms with van der Waals surface area (Å²) in [6.07, 6.45) is 1.59. The minimum Gasteiger partial charge on any atom is -0.369 e. The van der Waals surface area contributed by atoms with Crippen LogP contribution >= 0.6 is 0 Å². The highest BCUT2D eigenvalue weighted by molar-refractivity contribution is 6.31. The van der Waals surface area contributed by atoms with Gasteiger partial charge in [0.05, 0.1) is 5.57 Å². The van der Waals surface area contributed by atoms with Crippen molar-refractivity contribution in [1.82, 2.24) is 10.2 Å². The number of benzene rings is 2. The molecule has 3 amide bonds. The van der Waals surface area contributed by atoms with Crippen molar-refractivity contribution in [3.8, 4) is 0 Å². The molecule has 0 aliphatic carbocycles. The number of amides is 3. The molecule has 0 radical (unpaired) electrons. The second kappa shape index (κ2) is 8.61. The van der Waals surface area contributed by atoms with Gasteiger partial charge >= 0.3 is 0 Å². The Morgan fingerprint density at radius 1 is 0.935 bits per heavy atom. The van der Waals surface area contributed by atoms with Gasteiger partial charge in [-0.2, -0.15) is 0 Å². The lowest BCUT2D eigenvalue weighted by atomic mass is 9.95. The van der Waals surface area contributed by atoms with Gasteiger partial charge in [-0.15, -0.1) is 0 Å². The van der Waals surface area contributed by atoms with Crippen LogP contribution < -0.4 is 20.9 Å². The summed E-state index contributed by atoms with van der Waals surface area (Å²) in [7, 11) is 2.13. The molecule has 1 fully saturated rings. The Hall–Kier alpha value is -3.65. The number of imide groups is 1. The summed E-state index contributed by atoms with van der Waals surface area (Å²) in [5.41, 5.74) is 3.70. The zero-order valence-corrected chi connectivity index (χ0v) is 17.6. The molecule has 31 heavy (non-hydrogen) atoms. The van der Waals surface area contributed by atoms with Gasteiger partial charge in [0.15, 0.2) is 0 Å². The Morgan fingerprint density at radius 3 is 2.29 bits per heavy atom. The van der Waals surface area contributed by atoms with Crippen LogP contribution in [0.5, 0.6) is 0 Å². The average molecular weight is 419 g/mol. The smallest absolute Gasteiger partial charge is 0.260 e. The molecule has 0 unspecified atom stereocenters. The van der Waals surface area contributed by atoms with E-state index in [1.807, 2.05) is 12.1 Å². The van der Waals surface area contributed by atoms with E-state index in [2.05, 4.69) is 44.9 Å². The SMILES string of the molecule is CC(=O)Nc1ccc2c(c1)/C(=C/Nc1ccc(N3CCN(C)CC3)cc1)C(=O)NC2=O. The molecular weight excluding hydrogens is 394 g/mol. The van der Waals surface area contributed by atoms with E-state index in [9.17, 15) is 14.4 Å². The van der Waals surface area contributed by atoms with Crippen molar-refractivity contribution in [3.63, 3.8) is 0 Å².